The summed E-state index contributed by atoms with van der Waals surface area (Å²) >= 11 is 12.2. The van der Waals surface area contributed by atoms with E-state index in [1.54, 1.807) is 0 Å². The summed E-state index contributed by atoms with van der Waals surface area (Å²) in [7, 11) is 0. The summed E-state index contributed by atoms with van der Waals surface area (Å²) in [5.41, 5.74) is 3.22. The first-order valence-electron chi connectivity index (χ1n) is 7.90. The first-order valence-corrected chi connectivity index (χ1v) is 8.66. The predicted octanol–water partition coefficient (Wildman–Crippen LogP) is 3.67. The number of benzene rings is 1. The van der Waals surface area contributed by atoms with Gasteiger partial charge in [-0.05, 0) is 23.6 Å². The zero-order valence-corrected chi connectivity index (χ0v) is 14.7. The van der Waals surface area contributed by atoms with E-state index in [0.717, 1.165) is 50.5 Å². The molecule has 6 heteroatoms. The lowest BCUT2D eigenvalue weighted by molar-refractivity contribution is 0.249. The number of hydrogen-bond donors (Lipinski definition) is 0. The second-order valence-electron chi connectivity index (χ2n) is 5.68. The summed E-state index contributed by atoms with van der Waals surface area (Å²) in [5, 5.41) is 0.677. The van der Waals surface area contributed by atoms with Crippen LogP contribution in [-0.2, 0) is 13.0 Å². The molecule has 0 atom stereocenters. The Morgan fingerprint density at radius 2 is 1.70 bits per heavy atom. The van der Waals surface area contributed by atoms with Gasteiger partial charge < -0.3 is 4.90 Å². The van der Waals surface area contributed by atoms with Gasteiger partial charge in [0.25, 0.3) is 0 Å². The molecule has 0 spiro atoms. The minimum Gasteiger partial charge on any atom is -0.365 e. The standard InChI is InChI=1S/C17H20Cl2N4/c1-2-14-15(16(18)21-17(19)20-14)23-10-8-22(9-11-23)12-13-6-4-3-5-7-13/h3-7H,2,8-12H2,1H3. The van der Waals surface area contributed by atoms with E-state index >= 15 is 0 Å². The van der Waals surface area contributed by atoms with Crippen molar-refractivity contribution in [1.82, 2.24) is 14.9 Å². The van der Waals surface area contributed by atoms with Crippen molar-refractivity contribution in [2.75, 3.05) is 31.1 Å². The second kappa shape index (κ2) is 7.47. The third kappa shape index (κ3) is 3.94. The molecular weight excluding hydrogens is 331 g/mol. The number of rotatable bonds is 4. The zero-order chi connectivity index (χ0) is 16.2. The summed E-state index contributed by atoms with van der Waals surface area (Å²) in [6.45, 7) is 6.88. The Hall–Kier alpha value is -1.36. The normalized spacial score (nSPS) is 15.9. The van der Waals surface area contributed by atoms with Crippen LogP contribution in [0.1, 0.15) is 18.2 Å². The number of halogens is 2. The fourth-order valence-electron chi connectivity index (χ4n) is 2.97. The molecule has 0 bridgehead atoms. The van der Waals surface area contributed by atoms with E-state index in [9.17, 15) is 0 Å². The van der Waals surface area contributed by atoms with Crippen LogP contribution in [0, 0.1) is 0 Å². The highest BCUT2D eigenvalue weighted by molar-refractivity contribution is 6.33. The Bertz CT molecular complexity index is 655. The summed E-state index contributed by atoms with van der Waals surface area (Å²) in [4.78, 5) is 13.2. The average Bonchev–Trinajstić information content (AvgIpc) is 2.56. The lowest BCUT2D eigenvalue weighted by atomic mass is 10.2. The summed E-state index contributed by atoms with van der Waals surface area (Å²) in [6, 6.07) is 10.6. The van der Waals surface area contributed by atoms with Gasteiger partial charge in [0.2, 0.25) is 5.28 Å². The molecule has 0 N–H and O–H groups in total. The highest BCUT2D eigenvalue weighted by atomic mass is 35.5. The molecule has 2 heterocycles. The molecule has 1 saturated heterocycles. The molecule has 122 valence electrons. The smallest absolute Gasteiger partial charge is 0.224 e. The van der Waals surface area contributed by atoms with Crippen LogP contribution in [0.3, 0.4) is 0 Å². The van der Waals surface area contributed by atoms with E-state index in [4.69, 9.17) is 23.2 Å². The van der Waals surface area contributed by atoms with Crippen LogP contribution in [0.15, 0.2) is 30.3 Å². The maximum Gasteiger partial charge on any atom is 0.224 e. The minimum absolute atomic E-state index is 0.221. The zero-order valence-electron chi connectivity index (χ0n) is 13.2. The number of aromatic nitrogens is 2. The number of aryl methyl sites for hydroxylation is 1. The summed E-state index contributed by atoms with van der Waals surface area (Å²) < 4.78 is 0. The van der Waals surface area contributed by atoms with Crippen LogP contribution in [0.4, 0.5) is 5.69 Å². The van der Waals surface area contributed by atoms with Gasteiger partial charge in [0.05, 0.1) is 11.4 Å². The van der Waals surface area contributed by atoms with Crippen molar-refractivity contribution < 1.29 is 0 Å². The van der Waals surface area contributed by atoms with Crippen LogP contribution >= 0.6 is 23.2 Å². The SMILES string of the molecule is CCc1nc(Cl)nc(Cl)c1N1CCN(Cc2ccccc2)CC1. The van der Waals surface area contributed by atoms with Crippen LogP contribution < -0.4 is 4.90 Å². The molecule has 23 heavy (non-hydrogen) atoms. The Labute approximate surface area is 147 Å². The van der Waals surface area contributed by atoms with E-state index < -0.39 is 0 Å². The molecule has 2 aromatic rings. The Balaban J connectivity index is 1.67. The summed E-state index contributed by atoms with van der Waals surface area (Å²) in [6.07, 6.45) is 0.793. The van der Waals surface area contributed by atoms with E-state index in [1.165, 1.54) is 5.56 Å². The molecule has 1 aromatic heterocycles. The minimum atomic E-state index is 0.221. The number of nitrogens with zero attached hydrogens (tertiary/aromatic N) is 4. The predicted molar refractivity (Wildman–Crippen MR) is 95.4 cm³/mol. The molecule has 0 unspecified atom stereocenters. The molecule has 0 amide bonds. The molecule has 1 fully saturated rings. The molecule has 4 nitrogen and oxygen atoms in total. The van der Waals surface area contributed by atoms with E-state index in [-0.39, 0.29) is 5.28 Å². The van der Waals surface area contributed by atoms with Gasteiger partial charge in [-0.2, -0.15) is 0 Å². The molecule has 1 aliphatic rings. The molecule has 0 radical (unpaired) electrons. The molecule has 1 aromatic carbocycles. The van der Waals surface area contributed by atoms with Gasteiger partial charge >= 0.3 is 0 Å². The van der Waals surface area contributed by atoms with Crippen molar-refractivity contribution in [3.63, 3.8) is 0 Å². The largest absolute Gasteiger partial charge is 0.365 e. The van der Waals surface area contributed by atoms with Gasteiger partial charge in [-0.1, -0.05) is 48.9 Å². The molecule has 1 aliphatic heterocycles. The number of piperazine rings is 1. The molecule has 3 rings (SSSR count). The average molecular weight is 351 g/mol. The van der Waals surface area contributed by atoms with E-state index in [0.29, 0.717) is 5.15 Å². The lowest BCUT2D eigenvalue weighted by Crippen LogP contribution is -2.46. The van der Waals surface area contributed by atoms with Gasteiger partial charge in [-0.25, -0.2) is 9.97 Å². The highest BCUT2D eigenvalue weighted by Gasteiger charge is 2.23. The molecule has 0 saturated carbocycles. The van der Waals surface area contributed by atoms with Crippen molar-refractivity contribution in [3.05, 3.63) is 52.0 Å². The monoisotopic (exact) mass is 350 g/mol. The molecule has 0 aliphatic carbocycles. The summed E-state index contributed by atoms with van der Waals surface area (Å²) in [5.74, 6) is 0. The highest BCUT2D eigenvalue weighted by Crippen LogP contribution is 2.30. The van der Waals surface area contributed by atoms with Crippen LogP contribution in [0.2, 0.25) is 10.4 Å². The maximum atomic E-state index is 6.32. The third-order valence-corrected chi connectivity index (χ3v) is 4.59. The topological polar surface area (TPSA) is 32.3 Å². The van der Waals surface area contributed by atoms with Gasteiger partial charge in [0.15, 0.2) is 5.15 Å². The van der Waals surface area contributed by atoms with E-state index in [2.05, 4.69) is 57.0 Å². The van der Waals surface area contributed by atoms with Gasteiger partial charge in [0.1, 0.15) is 0 Å². The van der Waals surface area contributed by atoms with Crippen LogP contribution in [0.25, 0.3) is 0 Å². The molecular formula is C17H20Cl2N4. The first kappa shape index (κ1) is 16.5. The number of hydrogen-bond acceptors (Lipinski definition) is 4. The Morgan fingerprint density at radius 3 is 2.35 bits per heavy atom. The third-order valence-electron chi connectivity index (χ3n) is 4.16. The van der Waals surface area contributed by atoms with Crippen molar-refractivity contribution in [3.8, 4) is 0 Å². The maximum absolute atomic E-state index is 6.32. The van der Waals surface area contributed by atoms with Crippen molar-refractivity contribution in [2.45, 2.75) is 19.9 Å². The lowest BCUT2D eigenvalue weighted by Gasteiger charge is -2.36. The van der Waals surface area contributed by atoms with Crippen LogP contribution in [-0.4, -0.2) is 41.0 Å². The van der Waals surface area contributed by atoms with E-state index in [1.807, 2.05) is 0 Å². The number of anilines is 1. The van der Waals surface area contributed by atoms with Crippen molar-refractivity contribution in [2.24, 2.45) is 0 Å². The van der Waals surface area contributed by atoms with Crippen molar-refractivity contribution >= 4 is 28.9 Å². The fourth-order valence-corrected chi connectivity index (χ4v) is 3.51. The first-order chi connectivity index (χ1) is 11.2. The quantitative estimate of drug-likeness (QED) is 0.622. The Kier molecular flexibility index (Phi) is 5.36. The van der Waals surface area contributed by atoms with Gasteiger partial charge in [0, 0.05) is 32.7 Å². The second-order valence-corrected chi connectivity index (χ2v) is 6.38. The van der Waals surface area contributed by atoms with Crippen molar-refractivity contribution in [1.29, 1.82) is 0 Å². The van der Waals surface area contributed by atoms with Gasteiger partial charge in [-0.15, -0.1) is 0 Å². The Morgan fingerprint density at radius 1 is 1.00 bits per heavy atom. The van der Waals surface area contributed by atoms with Gasteiger partial charge in [-0.3, -0.25) is 4.90 Å². The fraction of sp³-hybridized carbons (Fsp3) is 0.412. The van der Waals surface area contributed by atoms with Crippen LogP contribution in [0.5, 0.6) is 0 Å².